The van der Waals surface area contributed by atoms with Crippen LogP contribution in [0, 0.1) is 24.1 Å². The SMILES string of the molecule is Cc1cc(N(C)C(=O)C#N)ccc1F. The van der Waals surface area contributed by atoms with Gasteiger partial charge in [-0.15, -0.1) is 0 Å². The third-order valence-corrected chi connectivity index (χ3v) is 1.93. The summed E-state index contributed by atoms with van der Waals surface area (Å²) in [4.78, 5) is 12.2. The number of anilines is 1. The largest absolute Gasteiger partial charge is 0.329 e. The molecule has 0 N–H and O–H groups in total. The Kier molecular flexibility index (Phi) is 2.82. The van der Waals surface area contributed by atoms with E-state index in [9.17, 15) is 9.18 Å². The Hall–Kier alpha value is -1.89. The summed E-state index contributed by atoms with van der Waals surface area (Å²) >= 11 is 0. The van der Waals surface area contributed by atoms with Gasteiger partial charge in [-0.3, -0.25) is 4.79 Å². The van der Waals surface area contributed by atoms with Gasteiger partial charge >= 0.3 is 5.91 Å². The first-order valence-electron chi connectivity index (χ1n) is 4.00. The maximum Gasteiger partial charge on any atom is 0.329 e. The van der Waals surface area contributed by atoms with Gasteiger partial charge in [-0.25, -0.2) is 4.39 Å². The zero-order valence-corrected chi connectivity index (χ0v) is 7.91. The van der Waals surface area contributed by atoms with Crippen molar-refractivity contribution in [1.29, 1.82) is 5.26 Å². The van der Waals surface area contributed by atoms with Crippen molar-refractivity contribution in [2.75, 3.05) is 11.9 Å². The molecule has 0 radical (unpaired) electrons. The number of rotatable bonds is 1. The summed E-state index contributed by atoms with van der Waals surface area (Å²) in [7, 11) is 1.47. The molecule has 0 saturated heterocycles. The van der Waals surface area contributed by atoms with Crippen molar-refractivity contribution in [3.05, 3.63) is 29.6 Å². The van der Waals surface area contributed by atoms with Gasteiger partial charge in [-0.2, -0.15) is 5.26 Å². The van der Waals surface area contributed by atoms with Crippen LogP contribution < -0.4 is 4.90 Å². The lowest BCUT2D eigenvalue weighted by atomic mass is 10.2. The van der Waals surface area contributed by atoms with Crippen LogP contribution >= 0.6 is 0 Å². The third kappa shape index (κ3) is 1.88. The van der Waals surface area contributed by atoms with E-state index in [1.165, 1.54) is 36.2 Å². The Morgan fingerprint density at radius 2 is 2.21 bits per heavy atom. The number of nitriles is 1. The number of hydrogen-bond acceptors (Lipinski definition) is 2. The van der Waals surface area contributed by atoms with E-state index in [1.807, 2.05) is 0 Å². The van der Waals surface area contributed by atoms with Gasteiger partial charge in [0.15, 0.2) is 6.07 Å². The summed E-state index contributed by atoms with van der Waals surface area (Å²) in [6, 6.07) is 5.73. The highest BCUT2D eigenvalue weighted by Gasteiger charge is 2.10. The molecule has 0 atom stereocenters. The average Bonchev–Trinajstić information content (AvgIpc) is 2.20. The lowest BCUT2D eigenvalue weighted by Gasteiger charge is -2.13. The van der Waals surface area contributed by atoms with Gasteiger partial charge in [0.1, 0.15) is 5.82 Å². The van der Waals surface area contributed by atoms with E-state index in [2.05, 4.69) is 0 Å². The molecule has 1 aromatic carbocycles. The molecule has 0 aliphatic heterocycles. The van der Waals surface area contributed by atoms with Crippen molar-refractivity contribution < 1.29 is 9.18 Å². The van der Waals surface area contributed by atoms with Crippen LogP contribution in [0.4, 0.5) is 10.1 Å². The topological polar surface area (TPSA) is 44.1 Å². The molecule has 1 amide bonds. The molecule has 4 heteroatoms. The second-order valence-electron chi connectivity index (χ2n) is 2.91. The van der Waals surface area contributed by atoms with Crippen LogP contribution in [0.1, 0.15) is 5.56 Å². The number of benzene rings is 1. The van der Waals surface area contributed by atoms with Crippen molar-refractivity contribution in [2.45, 2.75) is 6.92 Å². The van der Waals surface area contributed by atoms with Gasteiger partial charge < -0.3 is 4.90 Å². The molecular weight excluding hydrogens is 183 g/mol. The van der Waals surface area contributed by atoms with Gasteiger partial charge in [0.05, 0.1) is 0 Å². The standard InChI is InChI=1S/C10H9FN2O/c1-7-5-8(3-4-9(7)11)13(2)10(14)6-12/h3-5H,1-2H3. The van der Waals surface area contributed by atoms with Gasteiger partial charge in [0.2, 0.25) is 0 Å². The fraction of sp³-hybridized carbons (Fsp3) is 0.200. The highest BCUT2D eigenvalue weighted by Crippen LogP contribution is 2.16. The summed E-state index contributed by atoms with van der Waals surface area (Å²) in [5, 5.41) is 8.38. The second kappa shape index (κ2) is 3.88. The number of carbonyl (C=O) groups excluding carboxylic acids is 1. The fourth-order valence-electron chi connectivity index (χ4n) is 1.03. The summed E-state index contributed by atoms with van der Waals surface area (Å²) in [5.74, 6) is -0.998. The predicted molar refractivity (Wildman–Crippen MR) is 50.2 cm³/mol. The van der Waals surface area contributed by atoms with Crippen molar-refractivity contribution in [2.24, 2.45) is 0 Å². The van der Waals surface area contributed by atoms with Gasteiger partial charge in [0.25, 0.3) is 0 Å². The molecule has 14 heavy (non-hydrogen) atoms. The van der Waals surface area contributed by atoms with E-state index in [1.54, 1.807) is 6.92 Å². The van der Waals surface area contributed by atoms with Gasteiger partial charge in [0, 0.05) is 12.7 Å². The van der Waals surface area contributed by atoms with E-state index in [0.29, 0.717) is 11.3 Å². The van der Waals surface area contributed by atoms with E-state index in [-0.39, 0.29) is 5.82 Å². The lowest BCUT2D eigenvalue weighted by Crippen LogP contribution is -2.24. The molecule has 0 saturated carbocycles. The summed E-state index contributed by atoms with van der Waals surface area (Å²) < 4.78 is 12.9. The van der Waals surface area contributed by atoms with Crippen molar-refractivity contribution >= 4 is 11.6 Å². The molecule has 0 aliphatic rings. The Morgan fingerprint density at radius 1 is 1.57 bits per heavy atom. The highest BCUT2D eigenvalue weighted by molar-refractivity contribution is 6.03. The van der Waals surface area contributed by atoms with Crippen LogP contribution in [0.25, 0.3) is 0 Å². The van der Waals surface area contributed by atoms with Crippen molar-refractivity contribution in [1.82, 2.24) is 0 Å². The molecule has 0 aromatic heterocycles. The minimum absolute atomic E-state index is 0.327. The molecule has 72 valence electrons. The van der Waals surface area contributed by atoms with Crippen LogP contribution in [0.5, 0.6) is 0 Å². The average molecular weight is 192 g/mol. The minimum Gasteiger partial charge on any atom is -0.303 e. The Morgan fingerprint density at radius 3 is 2.71 bits per heavy atom. The zero-order chi connectivity index (χ0) is 10.7. The predicted octanol–water partition coefficient (Wildman–Crippen LogP) is 1.62. The monoisotopic (exact) mass is 192 g/mol. The number of carbonyl (C=O) groups is 1. The maximum absolute atomic E-state index is 12.9. The normalized spacial score (nSPS) is 9.29. The Balaban J connectivity index is 3.04. The quantitative estimate of drug-likeness (QED) is 0.634. The molecular formula is C10H9FN2O. The molecule has 0 spiro atoms. The first-order valence-corrected chi connectivity index (χ1v) is 4.00. The second-order valence-corrected chi connectivity index (χ2v) is 2.91. The number of amides is 1. The number of hydrogen-bond donors (Lipinski definition) is 0. The van der Waals surface area contributed by atoms with Crippen LogP contribution in [0.2, 0.25) is 0 Å². The molecule has 3 nitrogen and oxygen atoms in total. The van der Waals surface area contributed by atoms with Gasteiger partial charge in [-0.1, -0.05) is 0 Å². The number of halogens is 1. The summed E-state index contributed by atoms with van der Waals surface area (Å²) in [6.45, 7) is 1.60. The first kappa shape index (κ1) is 10.2. The van der Waals surface area contributed by atoms with Crippen molar-refractivity contribution in [3.8, 4) is 6.07 Å². The maximum atomic E-state index is 12.9. The molecule has 0 heterocycles. The molecule has 0 unspecified atom stereocenters. The van der Waals surface area contributed by atoms with E-state index < -0.39 is 5.91 Å². The Bertz CT molecular complexity index is 409. The van der Waals surface area contributed by atoms with E-state index in [4.69, 9.17) is 5.26 Å². The van der Waals surface area contributed by atoms with Crippen LogP contribution in [-0.2, 0) is 4.79 Å². The molecule has 1 rings (SSSR count). The summed E-state index contributed by atoms with van der Waals surface area (Å²) in [6.07, 6.45) is 0. The summed E-state index contributed by atoms with van der Waals surface area (Å²) in [5.41, 5.74) is 0.954. The molecule has 0 bridgehead atoms. The highest BCUT2D eigenvalue weighted by atomic mass is 19.1. The lowest BCUT2D eigenvalue weighted by molar-refractivity contribution is -0.113. The smallest absolute Gasteiger partial charge is 0.303 e. The molecule has 0 aliphatic carbocycles. The minimum atomic E-state index is -0.670. The van der Waals surface area contributed by atoms with E-state index in [0.717, 1.165) is 0 Å². The van der Waals surface area contributed by atoms with Crippen LogP contribution in [0.3, 0.4) is 0 Å². The number of aryl methyl sites for hydroxylation is 1. The first-order chi connectivity index (χ1) is 6.56. The third-order valence-electron chi connectivity index (χ3n) is 1.93. The fourth-order valence-corrected chi connectivity index (χ4v) is 1.03. The van der Waals surface area contributed by atoms with Crippen LogP contribution in [-0.4, -0.2) is 13.0 Å². The zero-order valence-electron chi connectivity index (χ0n) is 7.91. The molecule has 0 fully saturated rings. The van der Waals surface area contributed by atoms with Gasteiger partial charge in [-0.05, 0) is 30.7 Å². The van der Waals surface area contributed by atoms with E-state index >= 15 is 0 Å². The van der Waals surface area contributed by atoms with Crippen LogP contribution in [0.15, 0.2) is 18.2 Å². The Labute approximate surface area is 81.4 Å². The number of nitrogens with zero attached hydrogens (tertiary/aromatic N) is 2. The van der Waals surface area contributed by atoms with Crippen molar-refractivity contribution in [3.63, 3.8) is 0 Å². The molecule has 1 aromatic rings.